The maximum Gasteiger partial charge on any atom is 0.127 e. The molecule has 1 nitrogen and oxygen atoms in total. The van der Waals surface area contributed by atoms with Crippen molar-refractivity contribution in [3.05, 3.63) is 34.3 Å². The maximum atomic E-state index is 10.6. The first-order valence-corrected chi connectivity index (χ1v) is 5.66. The lowest BCUT2D eigenvalue weighted by molar-refractivity contribution is -0.108. The van der Waals surface area contributed by atoms with Gasteiger partial charge >= 0.3 is 0 Å². The van der Waals surface area contributed by atoms with Gasteiger partial charge in [-0.1, -0.05) is 44.5 Å². The summed E-state index contributed by atoms with van der Waals surface area (Å²) in [6, 6.07) is 5.92. The molecule has 1 aromatic rings. The van der Waals surface area contributed by atoms with Gasteiger partial charge in [0.05, 0.1) is 0 Å². The third-order valence-electron chi connectivity index (χ3n) is 2.44. The lowest BCUT2D eigenvalue weighted by Crippen LogP contribution is -1.98. The smallest absolute Gasteiger partial charge is 0.127 e. The van der Waals surface area contributed by atoms with Crippen LogP contribution in [-0.4, -0.2) is 6.29 Å². The van der Waals surface area contributed by atoms with Gasteiger partial charge in [0, 0.05) is 10.9 Å². The lowest BCUT2D eigenvalue weighted by Gasteiger charge is -2.10. The van der Waals surface area contributed by atoms with Crippen molar-refractivity contribution >= 4 is 17.9 Å². The first-order valence-electron chi connectivity index (χ1n) is 5.28. The Kier molecular flexibility index (Phi) is 4.34. The highest BCUT2D eigenvalue weighted by Crippen LogP contribution is 2.24. The molecule has 0 N–H and O–H groups in total. The molecular weight excluding hydrogens is 208 g/mol. The maximum absolute atomic E-state index is 10.6. The molecule has 0 bridgehead atoms. The highest BCUT2D eigenvalue weighted by Gasteiger charge is 2.08. The van der Waals surface area contributed by atoms with Crippen molar-refractivity contribution < 1.29 is 4.79 Å². The molecule has 15 heavy (non-hydrogen) atoms. The molecule has 0 saturated carbocycles. The van der Waals surface area contributed by atoms with Gasteiger partial charge in [0.1, 0.15) is 6.29 Å². The van der Waals surface area contributed by atoms with Crippen molar-refractivity contribution in [1.29, 1.82) is 0 Å². The summed E-state index contributed by atoms with van der Waals surface area (Å²) in [7, 11) is 0. The molecule has 0 fully saturated rings. The fourth-order valence-electron chi connectivity index (χ4n) is 1.53. The van der Waals surface area contributed by atoms with E-state index in [-0.39, 0.29) is 5.92 Å². The molecule has 0 spiro atoms. The van der Waals surface area contributed by atoms with E-state index in [9.17, 15) is 4.79 Å². The van der Waals surface area contributed by atoms with Crippen LogP contribution in [0.5, 0.6) is 0 Å². The summed E-state index contributed by atoms with van der Waals surface area (Å²) in [5.74, 6) is 0.521. The second-order valence-electron chi connectivity index (χ2n) is 4.37. The Balaban J connectivity index is 2.92. The van der Waals surface area contributed by atoms with E-state index in [1.54, 1.807) is 0 Å². The topological polar surface area (TPSA) is 17.1 Å². The second kappa shape index (κ2) is 5.32. The fraction of sp³-hybridized carbons (Fsp3) is 0.462. The zero-order chi connectivity index (χ0) is 11.4. The average molecular weight is 225 g/mol. The van der Waals surface area contributed by atoms with E-state index < -0.39 is 0 Å². The van der Waals surface area contributed by atoms with Gasteiger partial charge in [0.15, 0.2) is 0 Å². The van der Waals surface area contributed by atoms with Crippen LogP contribution in [-0.2, 0) is 11.2 Å². The molecule has 1 rings (SSSR count). The van der Waals surface area contributed by atoms with E-state index in [1.165, 1.54) is 0 Å². The van der Waals surface area contributed by atoms with Crippen molar-refractivity contribution in [3.63, 3.8) is 0 Å². The Bertz CT molecular complexity index is 344. The van der Waals surface area contributed by atoms with Gasteiger partial charge in [-0.05, 0) is 29.5 Å². The second-order valence-corrected chi connectivity index (χ2v) is 4.78. The van der Waals surface area contributed by atoms with Crippen LogP contribution in [0.15, 0.2) is 18.2 Å². The predicted octanol–water partition coefficient (Wildman–Crippen LogP) is 3.84. The molecule has 0 amide bonds. The average Bonchev–Trinajstić information content (AvgIpc) is 2.19. The Morgan fingerprint density at radius 3 is 2.47 bits per heavy atom. The summed E-state index contributed by atoms with van der Waals surface area (Å²) < 4.78 is 0. The van der Waals surface area contributed by atoms with Crippen molar-refractivity contribution in [1.82, 2.24) is 0 Å². The van der Waals surface area contributed by atoms with E-state index in [0.29, 0.717) is 5.92 Å². The van der Waals surface area contributed by atoms with Crippen molar-refractivity contribution in [2.75, 3.05) is 0 Å². The molecule has 1 aromatic carbocycles. The molecule has 0 aromatic heterocycles. The first-order chi connectivity index (χ1) is 7.04. The highest BCUT2D eigenvalue weighted by atomic mass is 35.5. The van der Waals surface area contributed by atoms with Crippen LogP contribution in [0.2, 0.25) is 5.02 Å². The Morgan fingerprint density at radius 2 is 2.00 bits per heavy atom. The summed E-state index contributed by atoms with van der Waals surface area (Å²) in [6.07, 6.45) is 1.92. The summed E-state index contributed by atoms with van der Waals surface area (Å²) in [5, 5.41) is 0.773. The summed E-state index contributed by atoms with van der Waals surface area (Å²) in [5.41, 5.74) is 2.15. The zero-order valence-corrected chi connectivity index (χ0v) is 10.2. The molecule has 1 unspecified atom stereocenters. The Morgan fingerprint density at radius 1 is 1.33 bits per heavy atom. The van der Waals surface area contributed by atoms with E-state index in [0.717, 1.165) is 28.9 Å². The molecule has 0 aliphatic carbocycles. The van der Waals surface area contributed by atoms with E-state index >= 15 is 0 Å². The first kappa shape index (κ1) is 12.3. The monoisotopic (exact) mass is 224 g/mol. The van der Waals surface area contributed by atoms with Gasteiger partial charge in [-0.3, -0.25) is 0 Å². The highest BCUT2D eigenvalue weighted by molar-refractivity contribution is 6.31. The van der Waals surface area contributed by atoms with Gasteiger partial charge in [-0.25, -0.2) is 0 Å². The third-order valence-corrected chi connectivity index (χ3v) is 2.79. The number of halogens is 1. The van der Waals surface area contributed by atoms with E-state index in [1.807, 2.05) is 25.1 Å². The third kappa shape index (κ3) is 3.35. The Hall–Kier alpha value is -0.820. The molecule has 0 aliphatic rings. The van der Waals surface area contributed by atoms with Crippen LogP contribution >= 0.6 is 11.6 Å². The van der Waals surface area contributed by atoms with Crippen molar-refractivity contribution in [2.24, 2.45) is 5.92 Å². The van der Waals surface area contributed by atoms with E-state index in [4.69, 9.17) is 11.6 Å². The summed E-state index contributed by atoms with van der Waals surface area (Å²) >= 11 is 6.16. The largest absolute Gasteiger partial charge is 0.303 e. The molecule has 1 atom stereocenters. The van der Waals surface area contributed by atoms with Gasteiger partial charge in [-0.15, -0.1) is 0 Å². The number of benzene rings is 1. The van der Waals surface area contributed by atoms with Gasteiger partial charge in [-0.2, -0.15) is 0 Å². The molecular formula is C13H17ClO. The fourth-order valence-corrected chi connectivity index (χ4v) is 1.80. The molecule has 2 heteroatoms. The van der Waals surface area contributed by atoms with Gasteiger partial charge in [0.25, 0.3) is 0 Å². The van der Waals surface area contributed by atoms with Crippen LogP contribution in [0, 0.1) is 5.92 Å². The number of aldehydes is 1. The Labute approximate surface area is 96.5 Å². The van der Waals surface area contributed by atoms with Crippen molar-refractivity contribution in [2.45, 2.75) is 33.1 Å². The summed E-state index contributed by atoms with van der Waals surface area (Å²) in [6.45, 7) is 6.21. The molecule has 0 radical (unpaired) electrons. The molecule has 82 valence electrons. The number of carbonyl (C=O) groups is 1. The zero-order valence-electron chi connectivity index (χ0n) is 9.46. The van der Waals surface area contributed by atoms with Crippen molar-refractivity contribution in [3.8, 4) is 0 Å². The minimum Gasteiger partial charge on any atom is -0.303 e. The molecule has 0 saturated heterocycles. The van der Waals surface area contributed by atoms with E-state index in [2.05, 4.69) is 13.8 Å². The number of hydrogen-bond donors (Lipinski definition) is 0. The minimum atomic E-state index is -0.0735. The number of rotatable bonds is 4. The summed E-state index contributed by atoms with van der Waals surface area (Å²) in [4.78, 5) is 10.6. The van der Waals surface area contributed by atoms with Crippen LogP contribution in [0.1, 0.15) is 37.8 Å². The standard InChI is InChI=1S/C13H17ClO/c1-9(2)6-12-5-4-11(7-13(12)14)10(3)8-15/h4-5,7-10H,6H2,1-3H3. The van der Waals surface area contributed by atoms with Crippen LogP contribution in [0.25, 0.3) is 0 Å². The van der Waals surface area contributed by atoms with Gasteiger partial charge in [0.2, 0.25) is 0 Å². The number of hydrogen-bond acceptors (Lipinski definition) is 1. The molecule has 0 aliphatic heterocycles. The van der Waals surface area contributed by atoms with Crippen LogP contribution in [0.4, 0.5) is 0 Å². The van der Waals surface area contributed by atoms with Crippen LogP contribution in [0.3, 0.4) is 0 Å². The minimum absolute atomic E-state index is 0.0735. The predicted molar refractivity (Wildman–Crippen MR) is 64.5 cm³/mol. The normalized spacial score (nSPS) is 12.9. The quantitative estimate of drug-likeness (QED) is 0.711. The molecule has 0 heterocycles. The lowest BCUT2D eigenvalue weighted by atomic mass is 9.97. The van der Waals surface area contributed by atoms with Gasteiger partial charge < -0.3 is 4.79 Å². The van der Waals surface area contributed by atoms with Crippen LogP contribution < -0.4 is 0 Å². The number of carbonyl (C=O) groups excluding carboxylic acids is 1. The SMILES string of the molecule is CC(C)Cc1ccc(C(C)C=O)cc1Cl.